The van der Waals surface area contributed by atoms with Crippen LogP contribution in [0.2, 0.25) is 0 Å². The molecule has 0 aliphatic carbocycles. The summed E-state index contributed by atoms with van der Waals surface area (Å²) in [5.74, 6) is 0.601. The Morgan fingerprint density at radius 1 is 1.29 bits per heavy atom. The van der Waals surface area contributed by atoms with Crippen LogP contribution in [0, 0.1) is 11.3 Å². The molecule has 80 valence electrons. The number of nitrogens with one attached hydrogen (secondary N) is 1. The molecule has 0 aromatic rings. The van der Waals surface area contributed by atoms with Crippen molar-refractivity contribution in [1.82, 2.24) is 0 Å². The van der Waals surface area contributed by atoms with Gasteiger partial charge in [0.1, 0.15) is 0 Å². The molecule has 0 radical (unpaired) electrons. The molecule has 0 aromatic heterocycles. The van der Waals surface area contributed by atoms with Gasteiger partial charge in [-0.1, -0.05) is 19.4 Å². The van der Waals surface area contributed by atoms with E-state index in [1.807, 2.05) is 0 Å². The SMILES string of the molecule is CC(C)=C1C(C(C)C)=[NH+]C(C)C1(C)C. The van der Waals surface area contributed by atoms with Gasteiger partial charge in [0.25, 0.3) is 0 Å². The topological polar surface area (TPSA) is 14.0 Å². The van der Waals surface area contributed by atoms with E-state index in [1.165, 1.54) is 11.3 Å². The summed E-state index contributed by atoms with van der Waals surface area (Å²) >= 11 is 0. The van der Waals surface area contributed by atoms with E-state index in [1.54, 1.807) is 5.57 Å². The molecule has 1 heterocycles. The van der Waals surface area contributed by atoms with Crippen molar-refractivity contribution in [1.29, 1.82) is 0 Å². The monoisotopic (exact) mass is 194 g/mol. The van der Waals surface area contributed by atoms with Crippen molar-refractivity contribution in [3.8, 4) is 0 Å². The fourth-order valence-corrected chi connectivity index (χ4v) is 2.42. The van der Waals surface area contributed by atoms with E-state index in [0.29, 0.717) is 12.0 Å². The van der Waals surface area contributed by atoms with Crippen molar-refractivity contribution in [2.24, 2.45) is 11.3 Å². The van der Waals surface area contributed by atoms with Gasteiger partial charge in [0, 0.05) is 11.5 Å². The molecule has 1 nitrogen and oxygen atoms in total. The highest BCUT2D eigenvalue weighted by Crippen LogP contribution is 2.35. The van der Waals surface area contributed by atoms with Gasteiger partial charge in [-0.05, 0) is 34.6 Å². The molecule has 1 unspecified atom stereocenters. The Bertz CT molecular complexity index is 288. The van der Waals surface area contributed by atoms with Gasteiger partial charge in [0.2, 0.25) is 0 Å². The summed E-state index contributed by atoms with van der Waals surface area (Å²) in [5.41, 5.74) is 4.72. The highest BCUT2D eigenvalue weighted by Gasteiger charge is 2.45. The van der Waals surface area contributed by atoms with Crippen molar-refractivity contribution in [2.45, 2.75) is 54.5 Å². The van der Waals surface area contributed by atoms with Crippen LogP contribution in [0.4, 0.5) is 0 Å². The Balaban J connectivity index is 3.24. The van der Waals surface area contributed by atoms with Gasteiger partial charge in [0.05, 0.1) is 5.41 Å². The minimum Gasteiger partial charge on any atom is -0.242 e. The molecule has 1 N–H and O–H groups in total. The van der Waals surface area contributed by atoms with Crippen LogP contribution in [0.25, 0.3) is 0 Å². The van der Waals surface area contributed by atoms with Gasteiger partial charge in [0.15, 0.2) is 11.8 Å². The van der Waals surface area contributed by atoms with E-state index >= 15 is 0 Å². The van der Waals surface area contributed by atoms with Crippen molar-refractivity contribution in [3.63, 3.8) is 0 Å². The summed E-state index contributed by atoms with van der Waals surface area (Å²) in [7, 11) is 0. The normalized spacial score (nSPS) is 25.6. The maximum absolute atomic E-state index is 3.63. The third kappa shape index (κ3) is 1.65. The molecule has 1 rings (SSSR count). The predicted octanol–water partition coefficient (Wildman–Crippen LogP) is 1.93. The largest absolute Gasteiger partial charge is 0.242 e. The average molecular weight is 194 g/mol. The highest BCUT2D eigenvalue weighted by atomic mass is 14.9. The minimum absolute atomic E-state index is 0.276. The maximum atomic E-state index is 3.63. The molecule has 0 spiro atoms. The van der Waals surface area contributed by atoms with Gasteiger partial charge < -0.3 is 0 Å². The van der Waals surface area contributed by atoms with E-state index in [4.69, 9.17) is 0 Å². The Kier molecular flexibility index (Phi) is 2.89. The molecule has 0 saturated carbocycles. The number of hydrogen-bond donors (Lipinski definition) is 1. The van der Waals surface area contributed by atoms with E-state index in [0.717, 1.165) is 0 Å². The second-order valence-corrected chi connectivity index (χ2v) is 5.53. The summed E-state index contributed by atoms with van der Waals surface area (Å²) in [4.78, 5) is 3.63. The Morgan fingerprint density at radius 2 is 1.79 bits per heavy atom. The minimum atomic E-state index is 0.276. The first-order chi connectivity index (χ1) is 6.28. The highest BCUT2D eigenvalue weighted by molar-refractivity contribution is 6.00. The predicted molar refractivity (Wildman–Crippen MR) is 62.4 cm³/mol. The number of rotatable bonds is 1. The Morgan fingerprint density at radius 3 is 2.07 bits per heavy atom. The second-order valence-electron chi connectivity index (χ2n) is 5.53. The van der Waals surface area contributed by atoms with E-state index in [-0.39, 0.29) is 5.41 Å². The van der Waals surface area contributed by atoms with Crippen molar-refractivity contribution in [3.05, 3.63) is 11.1 Å². The molecule has 0 bridgehead atoms. The lowest BCUT2D eigenvalue weighted by molar-refractivity contribution is -0.504. The smallest absolute Gasteiger partial charge is 0.181 e. The summed E-state index contributed by atoms with van der Waals surface area (Å²) < 4.78 is 0. The standard InChI is InChI=1S/C13H23N/c1-8(2)11-12(9(3)4)14-10(5)13(11,6)7/h9-10H,1-7H3/p+1. The third-order valence-corrected chi connectivity index (χ3v) is 3.45. The molecule has 1 aliphatic rings. The van der Waals surface area contributed by atoms with Gasteiger partial charge >= 0.3 is 0 Å². The average Bonchev–Trinajstić information content (AvgIpc) is 2.23. The van der Waals surface area contributed by atoms with Gasteiger partial charge in [-0.25, -0.2) is 4.99 Å². The molecule has 0 amide bonds. The molecule has 14 heavy (non-hydrogen) atoms. The Labute approximate surface area is 88.3 Å². The van der Waals surface area contributed by atoms with E-state index in [2.05, 4.69) is 53.5 Å². The summed E-state index contributed by atoms with van der Waals surface area (Å²) in [6.07, 6.45) is 0. The molecular weight excluding hydrogens is 170 g/mol. The van der Waals surface area contributed by atoms with Crippen LogP contribution in [-0.2, 0) is 0 Å². The first-order valence-electron chi connectivity index (χ1n) is 5.60. The quantitative estimate of drug-likeness (QED) is 0.655. The Hall–Kier alpha value is -0.590. The second kappa shape index (κ2) is 3.52. The first-order valence-corrected chi connectivity index (χ1v) is 5.60. The van der Waals surface area contributed by atoms with Crippen LogP contribution in [0.15, 0.2) is 11.1 Å². The zero-order valence-corrected chi connectivity index (χ0v) is 10.7. The van der Waals surface area contributed by atoms with Crippen LogP contribution >= 0.6 is 0 Å². The van der Waals surface area contributed by atoms with Crippen LogP contribution in [0.3, 0.4) is 0 Å². The summed E-state index contributed by atoms with van der Waals surface area (Å²) in [6, 6.07) is 0.546. The first kappa shape index (κ1) is 11.5. The molecule has 0 fully saturated rings. The van der Waals surface area contributed by atoms with Gasteiger partial charge in [-0.2, -0.15) is 0 Å². The summed E-state index contributed by atoms with van der Waals surface area (Å²) in [6.45, 7) is 15.9. The van der Waals surface area contributed by atoms with Crippen LogP contribution in [-0.4, -0.2) is 11.8 Å². The van der Waals surface area contributed by atoms with Crippen LogP contribution in [0.5, 0.6) is 0 Å². The van der Waals surface area contributed by atoms with Gasteiger partial charge in [-0.3, -0.25) is 0 Å². The maximum Gasteiger partial charge on any atom is 0.181 e. The lowest BCUT2D eigenvalue weighted by Gasteiger charge is -2.22. The zero-order chi connectivity index (χ0) is 11.1. The lowest BCUT2D eigenvalue weighted by atomic mass is 9.76. The van der Waals surface area contributed by atoms with Crippen molar-refractivity contribution >= 4 is 5.71 Å². The van der Waals surface area contributed by atoms with Crippen molar-refractivity contribution in [2.75, 3.05) is 0 Å². The van der Waals surface area contributed by atoms with Crippen molar-refractivity contribution < 1.29 is 4.99 Å². The molecule has 1 heteroatoms. The molecular formula is C13H24N+. The molecule has 1 atom stereocenters. The zero-order valence-electron chi connectivity index (χ0n) is 10.7. The fraction of sp³-hybridized carbons (Fsp3) is 0.769. The molecule has 0 aromatic carbocycles. The lowest BCUT2D eigenvalue weighted by Crippen LogP contribution is -2.77. The number of allylic oxidation sites excluding steroid dienone is 1. The van der Waals surface area contributed by atoms with E-state index in [9.17, 15) is 0 Å². The van der Waals surface area contributed by atoms with E-state index < -0.39 is 0 Å². The fourth-order valence-electron chi connectivity index (χ4n) is 2.42. The summed E-state index contributed by atoms with van der Waals surface area (Å²) in [5, 5.41) is 0. The van der Waals surface area contributed by atoms with Gasteiger partial charge in [-0.15, -0.1) is 0 Å². The molecule has 0 saturated heterocycles. The van der Waals surface area contributed by atoms with Crippen LogP contribution in [0.1, 0.15) is 48.5 Å². The molecule has 1 aliphatic heterocycles. The third-order valence-electron chi connectivity index (χ3n) is 3.45. The number of hydrogen-bond acceptors (Lipinski definition) is 0. The van der Waals surface area contributed by atoms with Crippen LogP contribution < -0.4 is 4.99 Å².